The Balaban J connectivity index is 1.92. The minimum atomic E-state index is -1.43. The van der Waals surface area contributed by atoms with E-state index in [1.807, 2.05) is 36.4 Å². The van der Waals surface area contributed by atoms with E-state index in [2.05, 4.69) is 10.4 Å². The molecule has 1 saturated heterocycles. The number of aromatic nitrogens is 3. The van der Waals surface area contributed by atoms with Gasteiger partial charge in [0.15, 0.2) is 12.1 Å². The van der Waals surface area contributed by atoms with E-state index in [0.29, 0.717) is 16.4 Å². The number of rotatable bonds is 5. The smallest absolute Gasteiger partial charge is 0.217 e. The van der Waals surface area contributed by atoms with Crippen molar-refractivity contribution in [3.05, 3.63) is 64.4 Å². The number of amides is 1. The number of nitrogens with one attached hydrogen (secondary N) is 1. The Bertz CT molecular complexity index is 1200. The fourth-order valence-electron chi connectivity index (χ4n) is 3.87. The van der Waals surface area contributed by atoms with Gasteiger partial charge in [0.1, 0.15) is 24.4 Å². The molecular weight excluding hydrogens is 468 g/mol. The molecule has 9 nitrogen and oxygen atoms in total. The van der Waals surface area contributed by atoms with Crippen LogP contribution in [0.4, 0.5) is 0 Å². The van der Waals surface area contributed by atoms with Gasteiger partial charge < -0.3 is 25.4 Å². The average molecular weight is 491 g/mol. The summed E-state index contributed by atoms with van der Waals surface area (Å²) in [5, 5.41) is 38.4. The molecule has 174 valence electrons. The number of nitrogens with zero attached hydrogens (tertiary/aromatic N) is 3. The topological polar surface area (TPSA) is 122 Å². The van der Waals surface area contributed by atoms with Crippen molar-refractivity contribution in [3.63, 3.8) is 0 Å². The normalized spacial score (nSPS) is 25.1. The minimum absolute atomic E-state index is 0.205. The van der Waals surface area contributed by atoms with Crippen LogP contribution in [-0.4, -0.2) is 66.5 Å². The Labute approximate surface area is 199 Å². The molecule has 0 radical (unpaired) electrons. The first-order valence-corrected chi connectivity index (χ1v) is 11.0. The highest BCUT2D eigenvalue weighted by molar-refractivity contribution is 7.71. The SMILES string of the molecule is CC(=O)N[C@@H]1[C@H](O)[C@H](O)[C@@H](CO)O[C@H]1n1nc(-c2ccccc2Cl)n(-c2ccccc2)c1=S. The van der Waals surface area contributed by atoms with Crippen LogP contribution in [0, 0.1) is 4.77 Å². The number of para-hydroxylation sites is 1. The maximum Gasteiger partial charge on any atom is 0.217 e. The Morgan fingerprint density at radius 3 is 2.45 bits per heavy atom. The summed E-state index contributed by atoms with van der Waals surface area (Å²) in [6.07, 6.45) is -5.07. The molecule has 2 heterocycles. The van der Waals surface area contributed by atoms with Crippen LogP contribution in [-0.2, 0) is 9.53 Å². The van der Waals surface area contributed by atoms with Gasteiger partial charge in [0.25, 0.3) is 0 Å². The third-order valence-corrected chi connectivity index (χ3v) is 6.14. The maximum absolute atomic E-state index is 11.8. The average Bonchev–Trinajstić information content (AvgIpc) is 3.14. The van der Waals surface area contributed by atoms with E-state index in [9.17, 15) is 20.1 Å². The minimum Gasteiger partial charge on any atom is -0.394 e. The molecule has 1 aliphatic rings. The second-order valence-corrected chi connectivity index (χ2v) is 8.43. The predicted octanol–water partition coefficient (Wildman–Crippen LogP) is 1.84. The molecule has 1 amide bonds. The van der Waals surface area contributed by atoms with Crippen molar-refractivity contribution >= 4 is 29.7 Å². The van der Waals surface area contributed by atoms with E-state index < -0.39 is 43.1 Å². The number of aliphatic hydroxyl groups is 3. The number of benzene rings is 2. The number of hydrogen-bond acceptors (Lipinski definition) is 7. The second-order valence-electron chi connectivity index (χ2n) is 7.66. The van der Waals surface area contributed by atoms with Crippen LogP contribution < -0.4 is 5.32 Å². The molecular formula is C22H23ClN4O5S. The lowest BCUT2D eigenvalue weighted by Crippen LogP contribution is -2.62. The molecule has 2 aromatic carbocycles. The lowest BCUT2D eigenvalue weighted by Gasteiger charge is -2.42. The zero-order valence-corrected chi connectivity index (χ0v) is 19.1. The van der Waals surface area contributed by atoms with Crippen LogP contribution in [0.5, 0.6) is 0 Å². The Kier molecular flexibility index (Phi) is 6.94. The summed E-state index contributed by atoms with van der Waals surface area (Å²) in [6.45, 7) is 0.733. The van der Waals surface area contributed by atoms with Gasteiger partial charge >= 0.3 is 0 Å². The van der Waals surface area contributed by atoms with Crippen molar-refractivity contribution in [2.75, 3.05) is 6.61 Å². The van der Waals surface area contributed by atoms with Gasteiger partial charge in [0, 0.05) is 18.2 Å². The summed E-state index contributed by atoms with van der Waals surface area (Å²) >= 11 is 12.2. The van der Waals surface area contributed by atoms with Crippen LogP contribution in [0.1, 0.15) is 13.2 Å². The van der Waals surface area contributed by atoms with Crippen molar-refractivity contribution in [1.29, 1.82) is 0 Å². The van der Waals surface area contributed by atoms with Crippen molar-refractivity contribution < 1.29 is 24.9 Å². The third kappa shape index (κ3) is 4.45. The molecule has 1 aromatic heterocycles. The zero-order chi connectivity index (χ0) is 23.7. The highest BCUT2D eigenvalue weighted by Crippen LogP contribution is 2.33. The fourth-order valence-corrected chi connectivity index (χ4v) is 4.43. The van der Waals surface area contributed by atoms with Crippen molar-refractivity contribution in [2.24, 2.45) is 0 Å². The second kappa shape index (κ2) is 9.72. The summed E-state index contributed by atoms with van der Waals surface area (Å²) in [6, 6.07) is 15.3. The van der Waals surface area contributed by atoms with E-state index in [-0.39, 0.29) is 4.77 Å². The van der Waals surface area contributed by atoms with E-state index in [1.165, 1.54) is 11.6 Å². The molecule has 5 atom stereocenters. The summed E-state index contributed by atoms with van der Waals surface area (Å²) < 4.78 is 9.14. The molecule has 4 rings (SSSR count). The largest absolute Gasteiger partial charge is 0.394 e. The van der Waals surface area contributed by atoms with Gasteiger partial charge in [-0.1, -0.05) is 41.9 Å². The monoisotopic (exact) mass is 490 g/mol. The molecule has 4 N–H and O–H groups in total. The first kappa shape index (κ1) is 23.6. The number of carbonyl (C=O) groups is 1. The Morgan fingerprint density at radius 2 is 1.82 bits per heavy atom. The number of ether oxygens (including phenoxy) is 1. The quantitative estimate of drug-likeness (QED) is 0.402. The Hall–Kier alpha value is -2.60. The third-order valence-electron chi connectivity index (χ3n) is 5.44. The number of carbonyl (C=O) groups excluding carboxylic acids is 1. The standard InChI is InChI=1S/C22H23ClN4O5S/c1-12(29)24-17-19(31)18(30)16(11-28)32-21(17)27-22(33)26(13-7-3-2-4-8-13)20(25-27)14-9-5-6-10-15(14)23/h2-10,16-19,21,28,30-31H,11H2,1H3,(H,24,29)/t16-,17-,18-,19+,21-/m1/s1. The maximum atomic E-state index is 11.8. The molecule has 0 aliphatic carbocycles. The van der Waals surface area contributed by atoms with Gasteiger partial charge in [-0.25, -0.2) is 4.68 Å². The number of halogens is 1. The molecule has 0 saturated carbocycles. The van der Waals surface area contributed by atoms with Crippen molar-refractivity contribution in [2.45, 2.75) is 37.5 Å². The van der Waals surface area contributed by atoms with Crippen LogP contribution in [0.25, 0.3) is 17.1 Å². The van der Waals surface area contributed by atoms with Gasteiger partial charge in [0.05, 0.1) is 11.6 Å². The summed E-state index contributed by atoms with van der Waals surface area (Å²) in [7, 11) is 0. The molecule has 11 heteroatoms. The van der Waals surface area contributed by atoms with Gasteiger partial charge in [-0.15, -0.1) is 5.10 Å². The predicted molar refractivity (Wildman–Crippen MR) is 123 cm³/mol. The zero-order valence-electron chi connectivity index (χ0n) is 17.6. The van der Waals surface area contributed by atoms with E-state index in [4.69, 9.17) is 28.6 Å². The van der Waals surface area contributed by atoms with Crippen molar-refractivity contribution in [1.82, 2.24) is 19.7 Å². The molecule has 0 bridgehead atoms. The molecule has 1 aliphatic heterocycles. The summed E-state index contributed by atoms with van der Waals surface area (Å²) in [5.74, 6) is -0.0224. The highest BCUT2D eigenvalue weighted by Gasteiger charge is 2.46. The highest BCUT2D eigenvalue weighted by atomic mass is 35.5. The van der Waals surface area contributed by atoms with Gasteiger partial charge in [0.2, 0.25) is 10.7 Å². The van der Waals surface area contributed by atoms with E-state index >= 15 is 0 Å². The summed E-state index contributed by atoms with van der Waals surface area (Å²) in [4.78, 5) is 11.8. The van der Waals surface area contributed by atoms with Gasteiger partial charge in [-0.05, 0) is 36.5 Å². The molecule has 33 heavy (non-hydrogen) atoms. The van der Waals surface area contributed by atoms with Crippen LogP contribution in [0.2, 0.25) is 5.02 Å². The fraction of sp³-hybridized carbons (Fsp3) is 0.318. The first-order valence-electron chi connectivity index (χ1n) is 10.2. The molecule has 1 fully saturated rings. The van der Waals surface area contributed by atoms with Crippen LogP contribution >= 0.6 is 23.8 Å². The lowest BCUT2D eigenvalue weighted by molar-refractivity contribution is -0.219. The summed E-state index contributed by atoms with van der Waals surface area (Å²) in [5.41, 5.74) is 1.33. The van der Waals surface area contributed by atoms with E-state index in [1.54, 1.807) is 22.8 Å². The number of aliphatic hydroxyl groups excluding tert-OH is 3. The van der Waals surface area contributed by atoms with Crippen LogP contribution in [0.3, 0.4) is 0 Å². The Morgan fingerprint density at radius 1 is 1.15 bits per heavy atom. The molecule has 0 spiro atoms. The van der Waals surface area contributed by atoms with E-state index in [0.717, 1.165) is 5.69 Å². The first-order chi connectivity index (χ1) is 15.8. The molecule has 0 unspecified atom stereocenters. The number of hydrogen-bond donors (Lipinski definition) is 4. The van der Waals surface area contributed by atoms with Crippen LogP contribution in [0.15, 0.2) is 54.6 Å². The van der Waals surface area contributed by atoms with Gasteiger partial charge in [-0.3, -0.25) is 9.36 Å². The lowest BCUT2D eigenvalue weighted by atomic mass is 9.96. The van der Waals surface area contributed by atoms with Gasteiger partial charge in [-0.2, -0.15) is 0 Å². The molecule has 3 aromatic rings. The van der Waals surface area contributed by atoms with Crippen molar-refractivity contribution in [3.8, 4) is 17.1 Å².